The third kappa shape index (κ3) is 5.71. The summed E-state index contributed by atoms with van der Waals surface area (Å²) in [5.41, 5.74) is 0.0703. The molecule has 0 aliphatic carbocycles. The van der Waals surface area contributed by atoms with Gasteiger partial charge in [0.2, 0.25) is 0 Å². The third-order valence-electron chi connectivity index (χ3n) is 4.55. The maximum Gasteiger partial charge on any atom is 0.410 e. The number of carbonyl (C=O) groups is 2. The van der Waals surface area contributed by atoms with Crippen LogP contribution in [-0.2, 0) is 14.3 Å². The highest BCUT2D eigenvalue weighted by Crippen LogP contribution is 2.32. The molecule has 0 radical (unpaired) electrons. The Balaban J connectivity index is 2.10. The molecule has 2 heterocycles. The van der Waals surface area contributed by atoms with Gasteiger partial charge in [-0.25, -0.2) is 4.79 Å². The lowest BCUT2D eigenvalue weighted by Gasteiger charge is -2.33. The molecule has 1 aromatic rings. The van der Waals surface area contributed by atoms with E-state index < -0.39 is 11.5 Å². The summed E-state index contributed by atoms with van der Waals surface area (Å²) in [4.78, 5) is 26.3. The van der Waals surface area contributed by atoms with Crippen molar-refractivity contribution in [1.82, 2.24) is 10.1 Å². The SMILES string of the molecule is CCOC(=O)C(c1cc(C2CCCN(C(=O)OC(C)(C)C)C2)on1)C(C)C. The summed E-state index contributed by atoms with van der Waals surface area (Å²) in [5.74, 6) is 0.0572. The van der Waals surface area contributed by atoms with Crippen LogP contribution >= 0.6 is 0 Å². The Bertz CT molecular complexity index is 647. The lowest BCUT2D eigenvalue weighted by Crippen LogP contribution is -2.42. The van der Waals surface area contributed by atoms with Crippen molar-refractivity contribution < 1.29 is 23.6 Å². The molecule has 1 saturated heterocycles. The Morgan fingerprint density at radius 2 is 2.07 bits per heavy atom. The molecule has 0 spiro atoms. The minimum absolute atomic E-state index is 0.0440. The van der Waals surface area contributed by atoms with E-state index in [1.54, 1.807) is 11.8 Å². The standard InChI is InChI=1S/C20H32N2O5/c1-7-25-18(23)17(13(2)3)15-11-16(27-21-15)14-9-8-10-22(12-14)19(24)26-20(4,5)6/h11,13-14,17H,7-10,12H2,1-6H3. The number of rotatable bonds is 5. The van der Waals surface area contributed by atoms with Crippen LogP contribution in [0.2, 0.25) is 0 Å². The molecule has 1 aromatic heterocycles. The van der Waals surface area contributed by atoms with Gasteiger partial charge in [0.25, 0.3) is 0 Å². The van der Waals surface area contributed by atoms with Crippen LogP contribution in [0, 0.1) is 5.92 Å². The Kier molecular flexibility index (Phi) is 6.89. The number of carbonyl (C=O) groups excluding carboxylic acids is 2. The van der Waals surface area contributed by atoms with Crippen molar-refractivity contribution in [3.05, 3.63) is 17.5 Å². The van der Waals surface area contributed by atoms with Crippen LogP contribution in [-0.4, -0.2) is 47.4 Å². The molecular formula is C20H32N2O5. The second kappa shape index (κ2) is 8.76. The molecule has 1 aliphatic rings. The first kappa shape index (κ1) is 21.3. The van der Waals surface area contributed by atoms with Gasteiger partial charge < -0.3 is 18.9 Å². The molecule has 27 heavy (non-hydrogen) atoms. The molecule has 0 N–H and O–H groups in total. The number of esters is 1. The molecule has 2 unspecified atom stereocenters. The van der Waals surface area contributed by atoms with E-state index in [2.05, 4.69) is 5.16 Å². The Hall–Kier alpha value is -2.05. The number of amides is 1. The van der Waals surface area contributed by atoms with Gasteiger partial charge in [0, 0.05) is 25.1 Å². The van der Waals surface area contributed by atoms with Gasteiger partial charge in [-0.1, -0.05) is 19.0 Å². The first-order valence-corrected chi connectivity index (χ1v) is 9.73. The first-order valence-electron chi connectivity index (χ1n) is 9.73. The number of hydrogen-bond acceptors (Lipinski definition) is 6. The van der Waals surface area contributed by atoms with Gasteiger partial charge in [-0.05, 0) is 46.5 Å². The van der Waals surface area contributed by atoms with Crippen molar-refractivity contribution in [2.75, 3.05) is 19.7 Å². The van der Waals surface area contributed by atoms with Crippen molar-refractivity contribution in [3.63, 3.8) is 0 Å². The number of likely N-dealkylation sites (tertiary alicyclic amines) is 1. The zero-order valence-electron chi connectivity index (χ0n) is 17.3. The van der Waals surface area contributed by atoms with Crippen LogP contribution in [0.1, 0.15) is 77.7 Å². The molecule has 152 valence electrons. The average Bonchev–Trinajstić information content (AvgIpc) is 3.03. The third-order valence-corrected chi connectivity index (χ3v) is 4.55. The number of piperidine rings is 1. The zero-order chi connectivity index (χ0) is 20.2. The monoisotopic (exact) mass is 380 g/mol. The summed E-state index contributed by atoms with van der Waals surface area (Å²) in [6, 6.07) is 1.84. The molecule has 0 bridgehead atoms. The highest BCUT2D eigenvalue weighted by molar-refractivity contribution is 5.77. The summed E-state index contributed by atoms with van der Waals surface area (Å²) in [5, 5.41) is 4.14. The van der Waals surface area contributed by atoms with E-state index in [-0.39, 0.29) is 23.9 Å². The zero-order valence-corrected chi connectivity index (χ0v) is 17.3. The number of hydrogen-bond donors (Lipinski definition) is 0. The lowest BCUT2D eigenvalue weighted by molar-refractivity contribution is -0.146. The van der Waals surface area contributed by atoms with E-state index in [1.165, 1.54) is 0 Å². The van der Waals surface area contributed by atoms with Crippen molar-refractivity contribution in [2.45, 2.75) is 71.8 Å². The molecule has 1 fully saturated rings. The molecular weight excluding hydrogens is 348 g/mol. The van der Waals surface area contributed by atoms with E-state index >= 15 is 0 Å². The van der Waals surface area contributed by atoms with Crippen LogP contribution in [0.25, 0.3) is 0 Å². The van der Waals surface area contributed by atoms with E-state index in [9.17, 15) is 9.59 Å². The quantitative estimate of drug-likeness (QED) is 0.716. The fraction of sp³-hybridized carbons (Fsp3) is 0.750. The molecule has 1 aliphatic heterocycles. The topological polar surface area (TPSA) is 81.9 Å². The van der Waals surface area contributed by atoms with Gasteiger partial charge in [-0.15, -0.1) is 0 Å². The minimum Gasteiger partial charge on any atom is -0.465 e. The predicted octanol–water partition coefficient (Wildman–Crippen LogP) is 4.09. The van der Waals surface area contributed by atoms with Crippen molar-refractivity contribution in [3.8, 4) is 0 Å². The summed E-state index contributed by atoms with van der Waals surface area (Å²) < 4.78 is 16.2. The Morgan fingerprint density at radius 3 is 2.67 bits per heavy atom. The summed E-state index contributed by atoms with van der Waals surface area (Å²) in [7, 11) is 0. The van der Waals surface area contributed by atoms with E-state index in [4.69, 9.17) is 14.0 Å². The first-order chi connectivity index (χ1) is 12.6. The van der Waals surface area contributed by atoms with Gasteiger partial charge in [0.15, 0.2) is 0 Å². The van der Waals surface area contributed by atoms with Crippen LogP contribution in [0.4, 0.5) is 4.79 Å². The van der Waals surface area contributed by atoms with Crippen molar-refractivity contribution in [1.29, 1.82) is 0 Å². The average molecular weight is 380 g/mol. The van der Waals surface area contributed by atoms with E-state index in [0.717, 1.165) is 12.8 Å². The summed E-state index contributed by atoms with van der Waals surface area (Å²) in [6.45, 7) is 12.8. The number of nitrogens with zero attached hydrogens (tertiary/aromatic N) is 2. The molecule has 7 heteroatoms. The number of aromatic nitrogens is 1. The second-order valence-corrected chi connectivity index (χ2v) is 8.39. The summed E-state index contributed by atoms with van der Waals surface area (Å²) >= 11 is 0. The van der Waals surface area contributed by atoms with Gasteiger partial charge in [0.05, 0.1) is 12.3 Å². The summed E-state index contributed by atoms with van der Waals surface area (Å²) in [6.07, 6.45) is 1.46. The molecule has 2 atom stereocenters. The van der Waals surface area contributed by atoms with Crippen LogP contribution in [0.15, 0.2) is 10.6 Å². The molecule has 1 amide bonds. The Morgan fingerprint density at radius 1 is 1.37 bits per heavy atom. The molecule has 0 aromatic carbocycles. The molecule has 2 rings (SSSR count). The normalized spacial score (nSPS) is 19.1. The predicted molar refractivity (Wildman–Crippen MR) is 100 cm³/mol. The van der Waals surface area contributed by atoms with Crippen LogP contribution < -0.4 is 0 Å². The van der Waals surface area contributed by atoms with E-state index in [0.29, 0.717) is 31.2 Å². The minimum atomic E-state index is -0.520. The molecule has 7 nitrogen and oxygen atoms in total. The smallest absolute Gasteiger partial charge is 0.410 e. The van der Waals surface area contributed by atoms with Crippen LogP contribution in [0.3, 0.4) is 0 Å². The van der Waals surface area contributed by atoms with Crippen molar-refractivity contribution in [2.24, 2.45) is 5.92 Å². The largest absolute Gasteiger partial charge is 0.465 e. The van der Waals surface area contributed by atoms with Crippen LogP contribution in [0.5, 0.6) is 0 Å². The maximum absolute atomic E-state index is 12.4. The number of ether oxygens (including phenoxy) is 2. The molecule has 0 saturated carbocycles. The van der Waals surface area contributed by atoms with E-state index in [1.807, 2.05) is 40.7 Å². The second-order valence-electron chi connectivity index (χ2n) is 8.39. The fourth-order valence-corrected chi connectivity index (χ4v) is 3.31. The van der Waals surface area contributed by atoms with Crippen molar-refractivity contribution >= 4 is 12.1 Å². The fourth-order valence-electron chi connectivity index (χ4n) is 3.31. The van der Waals surface area contributed by atoms with Gasteiger partial charge in [0.1, 0.15) is 17.3 Å². The lowest BCUT2D eigenvalue weighted by atomic mass is 9.90. The van der Waals surface area contributed by atoms with Gasteiger partial charge in [-0.3, -0.25) is 4.79 Å². The Labute approximate surface area is 161 Å². The van der Waals surface area contributed by atoms with Gasteiger partial charge >= 0.3 is 12.1 Å². The van der Waals surface area contributed by atoms with Gasteiger partial charge in [-0.2, -0.15) is 0 Å². The highest BCUT2D eigenvalue weighted by atomic mass is 16.6. The maximum atomic E-state index is 12.4. The highest BCUT2D eigenvalue weighted by Gasteiger charge is 2.33.